The van der Waals surface area contributed by atoms with E-state index in [0.717, 1.165) is 12.8 Å². The number of oxazole rings is 1. The molecule has 0 N–H and O–H groups in total. The van der Waals surface area contributed by atoms with E-state index in [-0.39, 0.29) is 22.8 Å². The Labute approximate surface area is 154 Å². The lowest BCUT2D eigenvalue weighted by Gasteiger charge is -2.39. The van der Waals surface area contributed by atoms with Gasteiger partial charge in [0.2, 0.25) is 5.76 Å². The van der Waals surface area contributed by atoms with Crippen LogP contribution in [0, 0.1) is 5.82 Å². The molecule has 8 heteroatoms. The summed E-state index contributed by atoms with van der Waals surface area (Å²) in [6, 6.07) is 4.29. The van der Waals surface area contributed by atoms with Crippen molar-refractivity contribution in [2.24, 2.45) is 0 Å². The molecule has 0 bridgehead atoms. The van der Waals surface area contributed by atoms with Gasteiger partial charge in [-0.25, -0.2) is 9.37 Å². The molecule has 26 heavy (non-hydrogen) atoms. The van der Waals surface area contributed by atoms with Crippen molar-refractivity contribution >= 4 is 17.5 Å². The first-order chi connectivity index (χ1) is 12.5. The van der Waals surface area contributed by atoms with Gasteiger partial charge in [0.1, 0.15) is 17.7 Å². The number of rotatable bonds is 3. The highest BCUT2D eigenvalue weighted by Crippen LogP contribution is 2.37. The molecule has 2 fully saturated rings. The number of likely N-dealkylation sites (tertiary alicyclic amines) is 1. The molecule has 2 aliphatic rings. The zero-order valence-corrected chi connectivity index (χ0v) is 14.7. The first-order valence-corrected chi connectivity index (χ1v) is 8.86. The van der Waals surface area contributed by atoms with E-state index in [9.17, 15) is 9.18 Å². The number of nitrogens with zero attached hydrogens (tertiary/aromatic N) is 2. The van der Waals surface area contributed by atoms with Crippen LogP contribution in [-0.2, 0) is 4.74 Å². The molecule has 1 aromatic carbocycles. The quantitative estimate of drug-likeness (QED) is 0.817. The molecule has 0 saturated carbocycles. The Bertz CT molecular complexity index is 800. The van der Waals surface area contributed by atoms with Crippen LogP contribution in [0.4, 0.5) is 4.39 Å². The number of ether oxygens (including phenoxy) is 2. The number of piperidine rings is 1. The van der Waals surface area contributed by atoms with Crippen LogP contribution in [0.15, 0.2) is 35.2 Å². The number of amides is 1. The second kappa shape index (κ2) is 6.89. The van der Waals surface area contributed by atoms with Crippen molar-refractivity contribution in [3.63, 3.8) is 0 Å². The van der Waals surface area contributed by atoms with Crippen LogP contribution in [-0.4, -0.2) is 47.2 Å². The Morgan fingerprint density at radius 2 is 2.35 bits per heavy atom. The maximum atomic E-state index is 13.3. The molecule has 2 aromatic rings. The lowest BCUT2D eigenvalue weighted by atomic mass is 9.89. The van der Waals surface area contributed by atoms with E-state index >= 15 is 0 Å². The topological polar surface area (TPSA) is 64.8 Å². The summed E-state index contributed by atoms with van der Waals surface area (Å²) < 4.78 is 30.3. The van der Waals surface area contributed by atoms with Crippen LogP contribution in [0.5, 0.6) is 5.75 Å². The molecule has 4 rings (SSSR count). The zero-order chi connectivity index (χ0) is 18.1. The maximum Gasteiger partial charge on any atom is 0.291 e. The van der Waals surface area contributed by atoms with Gasteiger partial charge in [-0.3, -0.25) is 4.79 Å². The van der Waals surface area contributed by atoms with Crippen LogP contribution < -0.4 is 4.74 Å². The van der Waals surface area contributed by atoms with Crippen molar-refractivity contribution in [1.82, 2.24) is 9.88 Å². The van der Waals surface area contributed by atoms with Crippen LogP contribution >= 0.6 is 11.6 Å². The van der Waals surface area contributed by atoms with Crippen LogP contribution in [0.1, 0.15) is 29.8 Å². The van der Waals surface area contributed by atoms with E-state index < -0.39 is 11.4 Å². The molecular formula is C18H18ClFN2O4. The SMILES string of the molecule is O=C(c1cnco1)N1CCC[C@]2(C[C@@H](Oc3ccc(F)c(Cl)c3)CO2)C1. The molecular weight excluding hydrogens is 363 g/mol. The number of hydrogen-bond donors (Lipinski definition) is 0. The van der Waals surface area contributed by atoms with E-state index in [1.165, 1.54) is 24.7 Å². The molecule has 0 aliphatic carbocycles. The van der Waals surface area contributed by atoms with Gasteiger partial charge in [0.05, 0.1) is 30.0 Å². The summed E-state index contributed by atoms with van der Waals surface area (Å²) in [5.41, 5.74) is -0.428. The van der Waals surface area contributed by atoms with Crippen molar-refractivity contribution in [3.8, 4) is 5.75 Å². The molecule has 1 spiro atoms. The largest absolute Gasteiger partial charge is 0.488 e. The van der Waals surface area contributed by atoms with Gasteiger partial charge in [0, 0.05) is 19.0 Å². The predicted molar refractivity (Wildman–Crippen MR) is 90.8 cm³/mol. The standard InChI is InChI=1S/C18H18ClFN2O4/c19-14-6-12(2-3-15(14)20)26-13-7-18(25-9-13)4-1-5-22(10-18)17(23)16-8-21-11-24-16/h2-3,6,8,11,13H,1,4-5,7,9-10H2/t13-,18+/m1/s1. The number of hydrogen-bond acceptors (Lipinski definition) is 5. The normalized spacial score (nSPS) is 25.6. The van der Waals surface area contributed by atoms with Crippen molar-refractivity contribution in [2.45, 2.75) is 31.0 Å². The fraction of sp³-hybridized carbons (Fsp3) is 0.444. The van der Waals surface area contributed by atoms with Gasteiger partial charge >= 0.3 is 0 Å². The first kappa shape index (κ1) is 17.3. The minimum absolute atomic E-state index is 0.0256. The van der Waals surface area contributed by atoms with Gasteiger partial charge in [-0.2, -0.15) is 0 Å². The van der Waals surface area contributed by atoms with E-state index in [0.29, 0.717) is 31.9 Å². The molecule has 2 aliphatic heterocycles. The first-order valence-electron chi connectivity index (χ1n) is 8.48. The summed E-state index contributed by atoms with van der Waals surface area (Å²) in [6.45, 7) is 1.56. The van der Waals surface area contributed by atoms with Crippen molar-refractivity contribution < 1.29 is 23.1 Å². The van der Waals surface area contributed by atoms with Gasteiger partial charge in [-0.1, -0.05) is 11.6 Å². The third kappa shape index (κ3) is 3.41. The molecule has 3 heterocycles. The average molecular weight is 381 g/mol. The molecule has 2 saturated heterocycles. The van der Waals surface area contributed by atoms with Gasteiger partial charge in [-0.15, -0.1) is 0 Å². The second-order valence-electron chi connectivity index (χ2n) is 6.71. The average Bonchev–Trinajstić information content (AvgIpc) is 3.29. The van der Waals surface area contributed by atoms with Gasteiger partial charge in [-0.05, 0) is 25.0 Å². The zero-order valence-electron chi connectivity index (χ0n) is 14.0. The minimum Gasteiger partial charge on any atom is -0.488 e. The van der Waals surface area contributed by atoms with E-state index in [1.54, 1.807) is 11.0 Å². The molecule has 2 atom stereocenters. The number of halogens is 2. The Hall–Kier alpha value is -2.12. The lowest BCUT2D eigenvalue weighted by Crippen LogP contribution is -2.50. The van der Waals surface area contributed by atoms with Crippen LogP contribution in [0.2, 0.25) is 5.02 Å². The summed E-state index contributed by atoms with van der Waals surface area (Å²) in [5, 5.41) is 0.0256. The van der Waals surface area contributed by atoms with Gasteiger partial charge in [0.25, 0.3) is 5.91 Å². The van der Waals surface area contributed by atoms with E-state index in [4.69, 9.17) is 25.5 Å². The summed E-state index contributed by atoms with van der Waals surface area (Å²) in [4.78, 5) is 18.0. The smallest absolute Gasteiger partial charge is 0.291 e. The summed E-state index contributed by atoms with van der Waals surface area (Å²) >= 11 is 5.80. The highest BCUT2D eigenvalue weighted by molar-refractivity contribution is 6.30. The van der Waals surface area contributed by atoms with Crippen molar-refractivity contribution in [1.29, 1.82) is 0 Å². The molecule has 0 radical (unpaired) electrons. The second-order valence-corrected chi connectivity index (χ2v) is 7.12. The molecule has 138 valence electrons. The van der Waals surface area contributed by atoms with E-state index in [1.807, 2.05) is 0 Å². The molecule has 1 amide bonds. The summed E-state index contributed by atoms with van der Waals surface area (Å²) in [5.74, 6) is 0.0770. The molecule has 0 unspecified atom stereocenters. The van der Waals surface area contributed by atoms with Crippen LogP contribution in [0.25, 0.3) is 0 Å². The minimum atomic E-state index is -0.480. The van der Waals surface area contributed by atoms with Gasteiger partial charge < -0.3 is 18.8 Å². The number of carbonyl (C=O) groups is 1. The lowest BCUT2D eigenvalue weighted by molar-refractivity contribution is -0.0458. The predicted octanol–water partition coefficient (Wildman–Crippen LogP) is 3.31. The Balaban J connectivity index is 1.41. The summed E-state index contributed by atoms with van der Waals surface area (Å²) in [6.07, 6.45) is 4.85. The fourth-order valence-electron chi connectivity index (χ4n) is 3.65. The van der Waals surface area contributed by atoms with Crippen molar-refractivity contribution in [2.75, 3.05) is 19.7 Å². The highest BCUT2D eigenvalue weighted by Gasteiger charge is 2.45. The fourth-order valence-corrected chi connectivity index (χ4v) is 3.82. The third-order valence-corrected chi connectivity index (χ3v) is 5.13. The number of benzene rings is 1. The monoisotopic (exact) mass is 380 g/mol. The van der Waals surface area contributed by atoms with Crippen LogP contribution in [0.3, 0.4) is 0 Å². The molecule has 1 aromatic heterocycles. The van der Waals surface area contributed by atoms with Gasteiger partial charge in [0.15, 0.2) is 6.39 Å². The number of aromatic nitrogens is 1. The highest BCUT2D eigenvalue weighted by atomic mass is 35.5. The molecule has 6 nitrogen and oxygen atoms in total. The maximum absolute atomic E-state index is 13.3. The number of carbonyl (C=O) groups excluding carboxylic acids is 1. The van der Waals surface area contributed by atoms with E-state index in [2.05, 4.69) is 4.98 Å². The Morgan fingerprint density at radius 1 is 1.46 bits per heavy atom. The Kier molecular flexibility index (Phi) is 4.58. The van der Waals surface area contributed by atoms with Crippen molar-refractivity contribution in [3.05, 3.63) is 47.4 Å². The summed E-state index contributed by atoms with van der Waals surface area (Å²) in [7, 11) is 0. The third-order valence-electron chi connectivity index (χ3n) is 4.84. The Morgan fingerprint density at radius 3 is 3.12 bits per heavy atom.